The van der Waals surface area contributed by atoms with Gasteiger partial charge in [0, 0.05) is 12.5 Å². The highest BCUT2D eigenvalue weighted by Gasteiger charge is 2.36. The van der Waals surface area contributed by atoms with Crippen molar-refractivity contribution in [2.75, 3.05) is 11.6 Å². The number of nitrogens with two attached hydrogens (primary N) is 1. The number of benzene rings is 2. The lowest BCUT2D eigenvalue weighted by Crippen LogP contribution is -2.39. The topological polar surface area (TPSA) is 118 Å². The van der Waals surface area contributed by atoms with E-state index >= 15 is 0 Å². The molecule has 1 aliphatic heterocycles. The fourth-order valence-corrected chi connectivity index (χ4v) is 3.08. The van der Waals surface area contributed by atoms with Crippen molar-refractivity contribution >= 4 is 34.9 Å². The zero-order chi connectivity index (χ0) is 21.8. The summed E-state index contributed by atoms with van der Waals surface area (Å²) < 4.78 is 24.0. The average Bonchev–Trinajstić information content (AvgIpc) is 3.17. The zero-order valence-corrected chi connectivity index (χ0v) is 16.5. The van der Waals surface area contributed by atoms with E-state index in [-0.39, 0.29) is 40.8 Å². The monoisotopic (exact) mass is 430 g/mol. The molecule has 1 aliphatic rings. The molecule has 2 aromatic rings. The van der Waals surface area contributed by atoms with Crippen LogP contribution in [0.4, 0.5) is 10.1 Å². The van der Waals surface area contributed by atoms with Gasteiger partial charge in [-0.3, -0.25) is 9.80 Å². The lowest BCUT2D eigenvalue weighted by molar-refractivity contribution is -0.127. The van der Waals surface area contributed by atoms with Crippen molar-refractivity contribution in [3.8, 4) is 17.6 Å². The molecule has 0 radical (unpaired) electrons. The van der Waals surface area contributed by atoms with E-state index in [0.29, 0.717) is 5.69 Å². The third-order valence-electron chi connectivity index (χ3n) is 4.20. The average molecular weight is 431 g/mol. The summed E-state index contributed by atoms with van der Waals surface area (Å²) in [5.41, 5.74) is 5.98. The van der Waals surface area contributed by atoms with E-state index in [0.717, 1.165) is 0 Å². The highest BCUT2D eigenvalue weighted by Crippen LogP contribution is 2.37. The normalized spacial score (nSPS) is 15.3. The molecular weight excluding hydrogens is 415 g/mol. The summed E-state index contributed by atoms with van der Waals surface area (Å²) in [5.74, 6) is -1.98. The number of carbonyl (C=O) groups is 2. The quantitative estimate of drug-likeness (QED) is 0.556. The van der Waals surface area contributed by atoms with Gasteiger partial charge in [-0.05, 0) is 37.3 Å². The molecule has 0 saturated heterocycles. The van der Waals surface area contributed by atoms with Crippen LogP contribution in [0, 0.1) is 17.1 Å². The molecule has 154 valence electrons. The minimum absolute atomic E-state index is 0.00582. The molecule has 0 saturated carbocycles. The van der Waals surface area contributed by atoms with Gasteiger partial charge < -0.3 is 15.2 Å². The predicted octanol–water partition coefficient (Wildman–Crippen LogP) is 2.78. The number of amides is 1. The first-order valence-electron chi connectivity index (χ1n) is 8.84. The Morgan fingerprint density at radius 1 is 1.37 bits per heavy atom. The van der Waals surface area contributed by atoms with Gasteiger partial charge >= 0.3 is 5.97 Å². The summed E-state index contributed by atoms with van der Waals surface area (Å²) >= 11 is 6.15. The van der Waals surface area contributed by atoms with Crippen molar-refractivity contribution in [2.24, 2.45) is 10.8 Å². The second kappa shape index (κ2) is 8.80. The van der Waals surface area contributed by atoms with Gasteiger partial charge in [0.15, 0.2) is 11.5 Å². The highest BCUT2D eigenvalue weighted by atomic mass is 35.5. The third-order valence-corrected chi connectivity index (χ3v) is 4.48. The van der Waals surface area contributed by atoms with Crippen LogP contribution in [0.15, 0.2) is 41.5 Å². The molecule has 1 heterocycles. The number of hydrazone groups is 1. The Hall–Kier alpha value is -3.64. The number of ether oxygens (including phenoxy) is 2. The Morgan fingerprint density at radius 3 is 2.67 bits per heavy atom. The molecule has 0 spiro atoms. The number of nitrogens with zero attached hydrogens (tertiary/aromatic N) is 3. The van der Waals surface area contributed by atoms with Gasteiger partial charge in [-0.25, -0.2) is 9.18 Å². The number of hydrogen-bond acceptors (Lipinski definition) is 7. The molecule has 0 aromatic heterocycles. The molecule has 2 aromatic carbocycles. The summed E-state index contributed by atoms with van der Waals surface area (Å²) in [6.07, 6.45) is -0.108. The predicted molar refractivity (Wildman–Crippen MR) is 107 cm³/mol. The number of nitriles is 1. The molecule has 1 amide bonds. The van der Waals surface area contributed by atoms with E-state index < -0.39 is 23.7 Å². The second-order valence-corrected chi connectivity index (χ2v) is 6.62. The molecule has 2 N–H and O–H groups in total. The maximum absolute atomic E-state index is 13.2. The molecule has 8 nitrogen and oxygen atoms in total. The number of anilines is 1. The van der Waals surface area contributed by atoms with Crippen molar-refractivity contribution in [3.05, 3.63) is 52.8 Å². The number of halogens is 2. The van der Waals surface area contributed by atoms with Crippen LogP contribution in [0.3, 0.4) is 0 Å². The Kier molecular flexibility index (Phi) is 6.18. The maximum Gasteiger partial charge on any atom is 0.360 e. The van der Waals surface area contributed by atoms with Gasteiger partial charge in [0.1, 0.15) is 17.6 Å². The number of hydrogen-bond donors (Lipinski definition) is 1. The molecule has 10 heteroatoms. The van der Waals surface area contributed by atoms with Gasteiger partial charge in [0.05, 0.1) is 28.9 Å². The summed E-state index contributed by atoms with van der Waals surface area (Å²) in [4.78, 5) is 24.6. The van der Waals surface area contributed by atoms with E-state index in [2.05, 4.69) is 5.10 Å². The summed E-state index contributed by atoms with van der Waals surface area (Å²) in [6.45, 7) is 1.97. The Bertz CT molecular complexity index is 1070. The van der Waals surface area contributed by atoms with Crippen molar-refractivity contribution in [3.63, 3.8) is 0 Å². The van der Waals surface area contributed by atoms with Crippen LogP contribution >= 0.6 is 11.6 Å². The van der Waals surface area contributed by atoms with Crippen LogP contribution in [-0.4, -0.2) is 30.2 Å². The van der Waals surface area contributed by atoms with E-state index in [9.17, 15) is 14.0 Å². The number of rotatable bonds is 6. The molecule has 0 bridgehead atoms. The van der Waals surface area contributed by atoms with Crippen LogP contribution in [-0.2, 0) is 9.59 Å². The maximum atomic E-state index is 13.2. The van der Waals surface area contributed by atoms with Crippen LogP contribution in [0.5, 0.6) is 11.5 Å². The van der Waals surface area contributed by atoms with E-state index in [1.165, 1.54) is 41.4 Å². The number of primary amides is 1. The van der Waals surface area contributed by atoms with Crippen LogP contribution in [0.25, 0.3) is 0 Å². The first-order valence-corrected chi connectivity index (χ1v) is 9.22. The van der Waals surface area contributed by atoms with Gasteiger partial charge in [-0.2, -0.15) is 10.4 Å². The first kappa shape index (κ1) is 21.1. The van der Waals surface area contributed by atoms with Crippen LogP contribution < -0.4 is 20.2 Å². The SMILES string of the molecule is CCOc1cc(C#N)cc(Cl)c1OC(=O)C1=NN(c2ccc(F)cc2)C(C(N)=O)C1. The Morgan fingerprint density at radius 2 is 2.07 bits per heavy atom. The molecular formula is C20H16ClFN4O4. The number of esters is 1. The standard InChI is InChI=1S/C20H16ClFN4O4/c1-2-29-17-8-11(10-23)7-14(21)18(17)30-20(28)15-9-16(19(24)27)26(25-15)13-5-3-12(22)4-6-13/h3-8,16H,2,9H2,1H3,(H2,24,27). The Labute approximate surface area is 176 Å². The van der Waals surface area contributed by atoms with Crippen molar-refractivity contribution in [1.82, 2.24) is 0 Å². The van der Waals surface area contributed by atoms with Gasteiger partial charge in [-0.15, -0.1) is 0 Å². The smallest absolute Gasteiger partial charge is 0.360 e. The molecule has 3 rings (SSSR count). The van der Waals surface area contributed by atoms with Gasteiger partial charge in [0.25, 0.3) is 0 Å². The molecule has 1 atom stereocenters. The molecule has 0 aliphatic carbocycles. The van der Waals surface area contributed by atoms with Crippen molar-refractivity contribution in [1.29, 1.82) is 5.26 Å². The summed E-state index contributed by atoms with van der Waals surface area (Å²) in [6, 6.07) is 8.94. The largest absolute Gasteiger partial charge is 0.490 e. The molecule has 1 unspecified atom stereocenters. The lowest BCUT2D eigenvalue weighted by Gasteiger charge is -2.20. The van der Waals surface area contributed by atoms with Gasteiger partial charge in [-0.1, -0.05) is 11.6 Å². The van der Waals surface area contributed by atoms with Gasteiger partial charge in [0.2, 0.25) is 5.91 Å². The van der Waals surface area contributed by atoms with Crippen LogP contribution in [0.1, 0.15) is 18.9 Å². The summed E-state index contributed by atoms with van der Waals surface area (Å²) in [7, 11) is 0. The molecule has 30 heavy (non-hydrogen) atoms. The number of carbonyl (C=O) groups excluding carboxylic acids is 2. The minimum atomic E-state index is -0.944. The summed E-state index contributed by atoms with van der Waals surface area (Å²) in [5, 5.41) is 14.5. The fourth-order valence-electron chi connectivity index (χ4n) is 2.83. The van der Waals surface area contributed by atoms with E-state index in [1.807, 2.05) is 6.07 Å². The second-order valence-electron chi connectivity index (χ2n) is 6.21. The fraction of sp³-hybridized carbons (Fsp3) is 0.200. The van der Waals surface area contributed by atoms with E-state index in [1.54, 1.807) is 6.92 Å². The van der Waals surface area contributed by atoms with Crippen molar-refractivity contribution in [2.45, 2.75) is 19.4 Å². The molecule has 0 fully saturated rings. The first-order chi connectivity index (χ1) is 14.3. The van der Waals surface area contributed by atoms with Crippen LogP contribution in [0.2, 0.25) is 5.02 Å². The minimum Gasteiger partial charge on any atom is -0.490 e. The Balaban J connectivity index is 1.90. The van der Waals surface area contributed by atoms with Crippen molar-refractivity contribution < 1.29 is 23.5 Å². The third kappa shape index (κ3) is 4.34. The zero-order valence-electron chi connectivity index (χ0n) is 15.8. The highest BCUT2D eigenvalue weighted by molar-refractivity contribution is 6.39. The van der Waals surface area contributed by atoms with E-state index in [4.69, 9.17) is 32.1 Å². The lowest BCUT2D eigenvalue weighted by atomic mass is 10.1.